The number of likely N-dealkylation sites (tertiary alicyclic amines) is 1. The van der Waals surface area contributed by atoms with E-state index in [1.54, 1.807) is 4.90 Å². The first-order valence-electron chi connectivity index (χ1n) is 4.38. The van der Waals surface area contributed by atoms with E-state index in [0.717, 1.165) is 6.42 Å². The molecule has 0 aromatic carbocycles. The Kier molecular flexibility index (Phi) is 2.42. The second-order valence-electron chi connectivity index (χ2n) is 4.44. The third-order valence-electron chi connectivity index (χ3n) is 2.09. The second kappa shape index (κ2) is 3.05. The van der Waals surface area contributed by atoms with E-state index in [1.807, 2.05) is 20.8 Å². The highest BCUT2D eigenvalue weighted by atomic mass is 16.3. The fourth-order valence-corrected chi connectivity index (χ4v) is 1.40. The van der Waals surface area contributed by atoms with E-state index in [9.17, 15) is 9.90 Å². The van der Waals surface area contributed by atoms with Crippen molar-refractivity contribution in [2.45, 2.75) is 33.3 Å². The molecule has 1 saturated heterocycles. The molecule has 1 rings (SSSR count). The van der Waals surface area contributed by atoms with Gasteiger partial charge in [-0.1, -0.05) is 20.8 Å². The van der Waals surface area contributed by atoms with Crippen molar-refractivity contribution in [3.05, 3.63) is 0 Å². The minimum atomic E-state index is -0.315. The van der Waals surface area contributed by atoms with E-state index in [1.165, 1.54) is 0 Å². The van der Waals surface area contributed by atoms with Gasteiger partial charge >= 0.3 is 0 Å². The Morgan fingerprint density at radius 1 is 1.50 bits per heavy atom. The number of carbonyl (C=O) groups excluding carboxylic acids is 1. The molecule has 0 spiro atoms. The smallest absolute Gasteiger partial charge is 0.228 e. The van der Waals surface area contributed by atoms with Gasteiger partial charge in [-0.3, -0.25) is 4.79 Å². The molecule has 12 heavy (non-hydrogen) atoms. The molecule has 1 heterocycles. The predicted octanol–water partition coefficient (Wildman–Crippen LogP) is 0.626. The maximum absolute atomic E-state index is 11.6. The topological polar surface area (TPSA) is 40.5 Å². The molecule has 1 fully saturated rings. The van der Waals surface area contributed by atoms with E-state index in [2.05, 4.69) is 0 Å². The van der Waals surface area contributed by atoms with Crippen molar-refractivity contribution in [3.8, 4) is 0 Å². The average Bonchev–Trinajstić information content (AvgIpc) is 2.32. The van der Waals surface area contributed by atoms with Crippen LogP contribution in [0.3, 0.4) is 0 Å². The zero-order valence-corrected chi connectivity index (χ0v) is 8.00. The van der Waals surface area contributed by atoms with E-state index >= 15 is 0 Å². The molecule has 3 heteroatoms. The Hall–Kier alpha value is -0.570. The van der Waals surface area contributed by atoms with Gasteiger partial charge in [-0.05, 0) is 6.42 Å². The molecule has 0 aromatic rings. The van der Waals surface area contributed by atoms with Crippen LogP contribution < -0.4 is 0 Å². The molecule has 0 bridgehead atoms. The van der Waals surface area contributed by atoms with Gasteiger partial charge in [0, 0.05) is 18.5 Å². The average molecular weight is 171 g/mol. The Morgan fingerprint density at radius 3 is 2.42 bits per heavy atom. The van der Waals surface area contributed by atoms with Crippen LogP contribution in [-0.4, -0.2) is 35.1 Å². The fourth-order valence-electron chi connectivity index (χ4n) is 1.40. The molecule has 0 aromatic heterocycles. The number of amides is 1. The van der Waals surface area contributed by atoms with Crippen molar-refractivity contribution >= 4 is 5.91 Å². The highest BCUT2D eigenvalue weighted by Crippen LogP contribution is 2.20. The summed E-state index contributed by atoms with van der Waals surface area (Å²) in [5.74, 6) is 0.138. The number of hydrogen-bond acceptors (Lipinski definition) is 2. The molecule has 1 atom stereocenters. The zero-order chi connectivity index (χ0) is 9.35. The van der Waals surface area contributed by atoms with Crippen LogP contribution in [0, 0.1) is 5.41 Å². The molecule has 1 amide bonds. The SMILES string of the molecule is CC(C)(C)C(=O)N1CCC(O)C1. The molecule has 0 aliphatic carbocycles. The summed E-state index contributed by atoms with van der Waals surface area (Å²) in [6.45, 7) is 6.92. The van der Waals surface area contributed by atoms with Gasteiger partial charge in [-0.2, -0.15) is 0 Å². The molecule has 70 valence electrons. The van der Waals surface area contributed by atoms with Gasteiger partial charge in [0.25, 0.3) is 0 Å². The summed E-state index contributed by atoms with van der Waals surface area (Å²) in [5, 5.41) is 9.22. The normalized spacial score (nSPS) is 24.7. The van der Waals surface area contributed by atoms with Gasteiger partial charge in [-0.25, -0.2) is 0 Å². The first-order valence-corrected chi connectivity index (χ1v) is 4.38. The van der Waals surface area contributed by atoms with Crippen molar-refractivity contribution in [2.75, 3.05) is 13.1 Å². The number of β-amino-alcohol motifs (C(OH)–C–C–N with tert-alkyl or cyclic N) is 1. The van der Waals surface area contributed by atoms with Crippen molar-refractivity contribution in [2.24, 2.45) is 5.41 Å². The predicted molar refractivity (Wildman–Crippen MR) is 46.7 cm³/mol. The second-order valence-corrected chi connectivity index (χ2v) is 4.44. The third-order valence-corrected chi connectivity index (χ3v) is 2.09. The highest BCUT2D eigenvalue weighted by Gasteiger charge is 2.31. The summed E-state index contributed by atoms with van der Waals surface area (Å²) in [4.78, 5) is 13.4. The zero-order valence-electron chi connectivity index (χ0n) is 8.00. The summed E-state index contributed by atoms with van der Waals surface area (Å²) in [7, 11) is 0. The summed E-state index contributed by atoms with van der Waals surface area (Å²) in [6, 6.07) is 0. The van der Waals surface area contributed by atoms with Gasteiger partial charge in [0.2, 0.25) is 5.91 Å². The maximum atomic E-state index is 11.6. The van der Waals surface area contributed by atoms with Crippen LogP contribution in [0.15, 0.2) is 0 Å². The summed E-state index contributed by atoms with van der Waals surface area (Å²) >= 11 is 0. The van der Waals surface area contributed by atoms with Crippen LogP contribution in [0.2, 0.25) is 0 Å². The molecule has 1 aliphatic heterocycles. The Morgan fingerprint density at radius 2 is 2.08 bits per heavy atom. The first-order chi connectivity index (χ1) is 5.41. The van der Waals surface area contributed by atoms with Crippen LogP contribution in [0.4, 0.5) is 0 Å². The summed E-state index contributed by atoms with van der Waals surface area (Å²) in [6.07, 6.45) is 0.415. The van der Waals surface area contributed by atoms with E-state index in [-0.39, 0.29) is 17.4 Å². The van der Waals surface area contributed by atoms with Crippen molar-refractivity contribution in [1.82, 2.24) is 4.90 Å². The highest BCUT2D eigenvalue weighted by molar-refractivity contribution is 5.81. The van der Waals surface area contributed by atoms with E-state index in [0.29, 0.717) is 13.1 Å². The van der Waals surface area contributed by atoms with Gasteiger partial charge in [-0.15, -0.1) is 0 Å². The van der Waals surface area contributed by atoms with Gasteiger partial charge in [0.15, 0.2) is 0 Å². The van der Waals surface area contributed by atoms with Crippen molar-refractivity contribution in [3.63, 3.8) is 0 Å². The van der Waals surface area contributed by atoms with E-state index < -0.39 is 0 Å². The minimum absolute atomic E-state index is 0.138. The monoisotopic (exact) mass is 171 g/mol. The van der Waals surface area contributed by atoms with Crippen LogP contribution in [0.5, 0.6) is 0 Å². The lowest BCUT2D eigenvalue weighted by Gasteiger charge is -2.25. The van der Waals surface area contributed by atoms with Crippen LogP contribution in [-0.2, 0) is 4.79 Å². The molecule has 0 radical (unpaired) electrons. The van der Waals surface area contributed by atoms with Gasteiger partial charge < -0.3 is 10.0 Å². The standard InChI is InChI=1S/C9H17NO2/c1-9(2,3)8(12)10-5-4-7(11)6-10/h7,11H,4-6H2,1-3H3. The molecule has 0 saturated carbocycles. The number of aliphatic hydroxyl groups is 1. The number of nitrogens with zero attached hydrogens (tertiary/aromatic N) is 1. The first kappa shape index (κ1) is 9.52. The quantitative estimate of drug-likeness (QED) is 0.580. The molecular weight excluding hydrogens is 154 g/mol. The largest absolute Gasteiger partial charge is 0.391 e. The molecule has 3 nitrogen and oxygen atoms in total. The molecule has 1 aliphatic rings. The number of carbonyl (C=O) groups is 1. The lowest BCUT2D eigenvalue weighted by Crippen LogP contribution is -2.38. The van der Waals surface area contributed by atoms with Gasteiger partial charge in [0.05, 0.1) is 6.10 Å². The fraction of sp³-hybridized carbons (Fsp3) is 0.889. The van der Waals surface area contributed by atoms with Crippen LogP contribution in [0.1, 0.15) is 27.2 Å². The number of aliphatic hydroxyl groups excluding tert-OH is 1. The third kappa shape index (κ3) is 1.97. The van der Waals surface area contributed by atoms with Crippen molar-refractivity contribution < 1.29 is 9.90 Å². The molecule has 1 unspecified atom stereocenters. The molecular formula is C9H17NO2. The molecule has 1 N–H and O–H groups in total. The number of hydrogen-bond donors (Lipinski definition) is 1. The lowest BCUT2D eigenvalue weighted by atomic mass is 9.95. The summed E-state index contributed by atoms with van der Waals surface area (Å²) in [5.41, 5.74) is -0.315. The maximum Gasteiger partial charge on any atom is 0.228 e. The Balaban J connectivity index is 2.55. The Labute approximate surface area is 73.4 Å². The Bertz CT molecular complexity index is 183. The van der Waals surface area contributed by atoms with Gasteiger partial charge in [0.1, 0.15) is 0 Å². The summed E-state index contributed by atoms with van der Waals surface area (Å²) < 4.78 is 0. The van der Waals surface area contributed by atoms with Crippen LogP contribution in [0.25, 0.3) is 0 Å². The van der Waals surface area contributed by atoms with Crippen molar-refractivity contribution in [1.29, 1.82) is 0 Å². The lowest BCUT2D eigenvalue weighted by molar-refractivity contribution is -0.138. The number of rotatable bonds is 0. The van der Waals surface area contributed by atoms with E-state index in [4.69, 9.17) is 0 Å². The minimum Gasteiger partial charge on any atom is -0.391 e. The van der Waals surface area contributed by atoms with Crippen LogP contribution >= 0.6 is 0 Å².